The zero-order valence-electron chi connectivity index (χ0n) is 18.2. The van der Waals surface area contributed by atoms with Gasteiger partial charge < -0.3 is 20.5 Å². The number of nitriles is 1. The number of carbonyl (C=O) groups is 3. The van der Waals surface area contributed by atoms with Gasteiger partial charge in [-0.3, -0.25) is 14.4 Å². The molecule has 2 aliphatic heterocycles. The Bertz CT molecular complexity index is 1160. The van der Waals surface area contributed by atoms with Gasteiger partial charge >= 0.3 is 0 Å². The van der Waals surface area contributed by atoms with Crippen molar-refractivity contribution in [2.24, 2.45) is 11.3 Å². The molecule has 5 rings (SSSR count). The fourth-order valence-corrected chi connectivity index (χ4v) is 5.65. The molecule has 1 spiro atoms. The maximum absolute atomic E-state index is 13.5. The summed E-state index contributed by atoms with van der Waals surface area (Å²) in [6.45, 7) is 1.13. The van der Waals surface area contributed by atoms with Crippen LogP contribution >= 0.6 is 11.6 Å². The van der Waals surface area contributed by atoms with Gasteiger partial charge in [0.2, 0.25) is 11.8 Å². The zero-order chi connectivity index (χ0) is 23.2. The number of hydrogen-bond donors (Lipinski definition) is 3. The fourth-order valence-electron chi connectivity index (χ4n) is 5.48. The van der Waals surface area contributed by atoms with Crippen LogP contribution in [0.5, 0.6) is 0 Å². The van der Waals surface area contributed by atoms with Crippen LogP contribution in [0.1, 0.15) is 49.0 Å². The highest BCUT2D eigenvalue weighted by molar-refractivity contribution is 6.31. The Morgan fingerprint density at radius 2 is 2.15 bits per heavy atom. The molecule has 3 fully saturated rings. The van der Waals surface area contributed by atoms with Gasteiger partial charge in [-0.25, -0.2) is 0 Å². The van der Waals surface area contributed by atoms with Crippen LogP contribution in [0.15, 0.2) is 24.3 Å². The Kier molecular flexibility index (Phi) is 5.53. The Labute approximate surface area is 196 Å². The molecular formula is C24H26ClN5O3. The predicted molar refractivity (Wildman–Crippen MR) is 122 cm³/mol. The summed E-state index contributed by atoms with van der Waals surface area (Å²) in [7, 11) is 0. The average Bonchev–Trinajstić information content (AvgIpc) is 3.49. The number of nitrogens with zero attached hydrogens (tertiary/aromatic N) is 2. The van der Waals surface area contributed by atoms with Crippen LogP contribution in [-0.4, -0.2) is 52.8 Å². The number of amides is 3. The molecule has 9 heteroatoms. The van der Waals surface area contributed by atoms with Crippen molar-refractivity contribution >= 4 is 40.2 Å². The predicted octanol–water partition coefficient (Wildman–Crippen LogP) is 2.74. The van der Waals surface area contributed by atoms with E-state index < -0.39 is 12.1 Å². The van der Waals surface area contributed by atoms with Crippen molar-refractivity contribution in [2.75, 3.05) is 13.1 Å². The molecule has 0 radical (unpaired) electrons. The minimum atomic E-state index is -0.767. The van der Waals surface area contributed by atoms with Gasteiger partial charge in [-0.2, -0.15) is 5.26 Å². The Morgan fingerprint density at radius 1 is 1.33 bits per heavy atom. The first-order chi connectivity index (χ1) is 15.9. The molecule has 172 valence electrons. The number of nitrogens with one attached hydrogen (secondary N) is 3. The Balaban J connectivity index is 1.35. The average molecular weight is 468 g/mol. The van der Waals surface area contributed by atoms with Gasteiger partial charge in [-0.1, -0.05) is 24.1 Å². The number of carbonyl (C=O) groups excluding carboxylic acids is 3. The Morgan fingerprint density at radius 3 is 2.82 bits per heavy atom. The highest BCUT2D eigenvalue weighted by Gasteiger charge is 2.52. The quantitative estimate of drug-likeness (QED) is 0.626. The summed E-state index contributed by atoms with van der Waals surface area (Å²) in [6, 6.07) is 7.89. The number of H-pyrrole nitrogens is 1. The summed E-state index contributed by atoms with van der Waals surface area (Å²) >= 11 is 6.08. The van der Waals surface area contributed by atoms with E-state index in [1.807, 2.05) is 6.07 Å². The van der Waals surface area contributed by atoms with Crippen molar-refractivity contribution in [3.8, 4) is 6.07 Å². The van der Waals surface area contributed by atoms with Gasteiger partial charge in [0.05, 0.1) is 6.07 Å². The molecule has 1 aromatic heterocycles. The monoisotopic (exact) mass is 467 g/mol. The lowest BCUT2D eigenvalue weighted by Gasteiger charge is -2.37. The number of fused-ring (bicyclic) bond motifs is 1. The van der Waals surface area contributed by atoms with Crippen molar-refractivity contribution in [3.05, 3.63) is 35.0 Å². The summed E-state index contributed by atoms with van der Waals surface area (Å²) in [5, 5.41) is 16.6. The molecule has 3 N–H and O–H groups in total. The second-order valence-electron chi connectivity index (χ2n) is 9.62. The highest BCUT2D eigenvalue weighted by Crippen LogP contribution is 2.50. The molecule has 1 aliphatic carbocycles. The van der Waals surface area contributed by atoms with Crippen LogP contribution in [0.2, 0.25) is 5.02 Å². The highest BCUT2D eigenvalue weighted by atomic mass is 35.5. The lowest BCUT2D eigenvalue weighted by molar-refractivity contribution is -0.126. The van der Waals surface area contributed by atoms with Crippen molar-refractivity contribution in [2.45, 2.75) is 50.6 Å². The van der Waals surface area contributed by atoms with E-state index >= 15 is 0 Å². The summed E-state index contributed by atoms with van der Waals surface area (Å²) in [4.78, 5) is 43.4. The number of halogens is 1. The SMILES string of the molecule is N#C[C@H](C[C@@H]1CCNC1=O)NC(=O)[C@H]1CC2(CCC2)CN1C(=O)c1cc2ccc(Cl)cc2[nH]1. The van der Waals surface area contributed by atoms with E-state index in [1.54, 1.807) is 23.1 Å². The maximum Gasteiger partial charge on any atom is 0.271 e. The molecule has 8 nitrogen and oxygen atoms in total. The number of hydrogen-bond acceptors (Lipinski definition) is 4. The van der Waals surface area contributed by atoms with Crippen LogP contribution in [0, 0.1) is 22.7 Å². The van der Waals surface area contributed by atoms with E-state index in [0.29, 0.717) is 36.6 Å². The van der Waals surface area contributed by atoms with Gasteiger partial charge in [0.1, 0.15) is 17.8 Å². The zero-order valence-corrected chi connectivity index (χ0v) is 19.0. The van der Waals surface area contributed by atoms with Crippen LogP contribution < -0.4 is 10.6 Å². The number of aromatic nitrogens is 1. The third-order valence-corrected chi connectivity index (χ3v) is 7.69. The minimum absolute atomic E-state index is 0.0273. The molecule has 2 saturated heterocycles. The van der Waals surface area contributed by atoms with E-state index in [1.165, 1.54) is 0 Å². The molecule has 33 heavy (non-hydrogen) atoms. The van der Waals surface area contributed by atoms with Crippen molar-refractivity contribution in [1.29, 1.82) is 5.26 Å². The molecule has 3 heterocycles. The fraction of sp³-hybridized carbons (Fsp3) is 0.500. The second-order valence-corrected chi connectivity index (χ2v) is 10.1. The van der Waals surface area contributed by atoms with Crippen LogP contribution in [-0.2, 0) is 9.59 Å². The van der Waals surface area contributed by atoms with E-state index in [0.717, 1.165) is 30.2 Å². The third-order valence-electron chi connectivity index (χ3n) is 7.46. The number of aromatic amines is 1. The van der Waals surface area contributed by atoms with E-state index in [9.17, 15) is 19.6 Å². The summed E-state index contributed by atoms with van der Waals surface area (Å²) in [5.41, 5.74) is 1.16. The molecular weight excluding hydrogens is 442 g/mol. The van der Waals surface area contributed by atoms with Gasteiger partial charge in [0.15, 0.2) is 0 Å². The summed E-state index contributed by atoms with van der Waals surface area (Å²) in [5.74, 6) is -0.895. The second kappa shape index (κ2) is 8.38. The van der Waals surface area contributed by atoms with Crippen LogP contribution in [0.4, 0.5) is 0 Å². The normalized spacial score (nSPS) is 24.4. The Hall–Kier alpha value is -3.05. The lowest BCUT2D eigenvalue weighted by Crippen LogP contribution is -2.49. The molecule has 0 bridgehead atoms. The molecule has 1 aromatic carbocycles. The topological polar surface area (TPSA) is 118 Å². The van der Waals surface area contributed by atoms with Crippen LogP contribution in [0.3, 0.4) is 0 Å². The number of benzene rings is 1. The molecule has 0 unspecified atom stereocenters. The van der Waals surface area contributed by atoms with Gasteiger partial charge in [-0.15, -0.1) is 0 Å². The van der Waals surface area contributed by atoms with Crippen LogP contribution in [0.25, 0.3) is 10.9 Å². The number of likely N-dealkylation sites (tertiary alicyclic amines) is 1. The smallest absolute Gasteiger partial charge is 0.271 e. The minimum Gasteiger partial charge on any atom is -0.356 e. The maximum atomic E-state index is 13.5. The van der Waals surface area contributed by atoms with Gasteiger partial charge in [0, 0.05) is 34.9 Å². The van der Waals surface area contributed by atoms with Gasteiger partial charge in [-0.05, 0) is 55.7 Å². The first-order valence-corrected chi connectivity index (χ1v) is 11.8. The molecule has 3 aliphatic rings. The van der Waals surface area contributed by atoms with Crippen molar-refractivity contribution < 1.29 is 14.4 Å². The number of rotatable bonds is 5. The van der Waals surface area contributed by atoms with Crippen molar-refractivity contribution in [3.63, 3.8) is 0 Å². The molecule has 3 atom stereocenters. The standard InChI is InChI=1S/C24H26ClN5O3/c25-16-3-2-14-9-19(29-18(14)10-16)23(33)30-13-24(5-1-6-24)11-20(30)22(32)28-17(12-26)8-15-4-7-27-21(15)31/h2-3,9-10,15,17,20,29H,1,4-8,11,13H2,(H,27,31)(H,28,32)/t15-,17-,20+/m0/s1. The first kappa shape index (κ1) is 21.8. The van der Waals surface area contributed by atoms with Gasteiger partial charge in [0.25, 0.3) is 5.91 Å². The summed E-state index contributed by atoms with van der Waals surface area (Å²) < 4.78 is 0. The van der Waals surface area contributed by atoms with Crippen molar-refractivity contribution in [1.82, 2.24) is 20.5 Å². The third kappa shape index (κ3) is 4.06. The molecule has 3 amide bonds. The largest absolute Gasteiger partial charge is 0.356 e. The first-order valence-electron chi connectivity index (χ1n) is 11.4. The lowest BCUT2D eigenvalue weighted by atomic mass is 9.67. The molecule has 2 aromatic rings. The van der Waals surface area contributed by atoms with E-state index in [2.05, 4.69) is 21.7 Å². The summed E-state index contributed by atoms with van der Waals surface area (Å²) in [6.07, 6.45) is 4.62. The van der Waals surface area contributed by atoms with E-state index in [-0.39, 0.29) is 35.5 Å². The molecule has 1 saturated carbocycles. The van der Waals surface area contributed by atoms with E-state index in [4.69, 9.17) is 11.6 Å².